The molecule has 4 heteroatoms. The molecule has 1 aromatic carbocycles. The highest BCUT2D eigenvalue weighted by atomic mass is 16.1. The van der Waals surface area contributed by atoms with Crippen LogP contribution in [0.15, 0.2) is 29.3 Å². The number of aryl methyl sites for hydroxylation is 1. The summed E-state index contributed by atoms with van der Waals surface area (Å²) in [7, 11) is 5.67. The Labute approximate surface area is 135 Å². The van der Waals surface area contributed by atoms with Crippen molar-refractivity contribution < 1.29 is 4.79 Å². The lowest BCUT2D eigenvalue weighted by atomic mass is 9.85. The van der Waals surface area contributed by atoms with Crippen molar-refractivity contribution in [1.82, 2.24) is 0 Å². The first kappa shape index (κ1) is 18.5. The molecule has 3 nitrogen and oxygen atoms in total. The maximum Gasteiger partial charge on any atom is 0.160 e. The number of amidine groups is 1. The van der Waals surface area contributed by atoms with Gasteiger partial charge in [0.05, 0.1) is 5.84 Å². The van der Waals surface area contributed by atoms with Crippen molar-refractivity contribution >= 4 is 24.9 Å². The number of carbonyl (C=O) groups excluding carboxylic acids is 1. The highest BCUT2D eigenvalue weighted by molar-refractivity contribution is 6.32. The van der Waals surface area contributed by atoms with Crippen LogP contribution in [0.5, 0.6) is 0 Å². The number of Topliss-reactive ketones (excluding diaryl/α,β-unsaturated/α-hetero) is 1. The summed E-state index contributed by atoms with van der Waals surface area (Å²) in [5.74, 6) is 1.03. The van der Waals surface area contributed by atoms with Gasteiger partial charge in [-0.3, -0.25) is 9.79 Å². The smallest absolute Gasteiger partial charge is 0.160 e. The third-order valence-electron chi connectivity index (χ3n) is 3.68. The summed E-state index contributed by atoms with van der Waals surface area (Å²) >= 11 is 0. The molecular formula is C18H27BN2O. The van der Waals surface area contributed by atoms with Crippen LogP contribution in [0, 0.1) is 5.92 Å². The number of nitrogens with two attached hydrogens (primary N) is 1. The zero-order chi connectivity index (χ0) is 16.8. The molecule has 22 heavy (non-hydrogen) atoms. The van der Waals surface area contributed by atoms with Crippen LogP contribution in [0.3, 0.4) is 0 Å². The van der Waals surface area contributed by atoms with E-state index in [0.717, 1.165) is 24.7 Å². The first-order valence-corrected chi connectivity index (χ1v) is 7.92. The highest BCUT2D eigenvalue weighted by Crippen LogP contribution is 2.24. The van der Waals surface area contributed by atoms with Gasteiger partial charge in [0.1, 0.15) is 13.4 Å². The first-order valence-electron chi connectivity index (χ1n) is 7.92. The van der Waals surface area contributed by atoms with Gasteiger partial charge in [-0.15, -0.1) is 0 Å². The zero-order valence-electron chi connectivity index (χ0n) is 14.2. The average molecular weight is 298 g/mol. The molecule has 0 amide bonds. The number of aliphatic imine (C=N–C) groups is 1. The summed E-state index contributed by atoms with van der Waals surface area (Å²) in [6.07, 6.45) is 2.93. The molecule has 0 bridgehead atoms. The molecule has 0 saturated carbocycles. The molecule has 0 aliphatic rings. The van der Waals surface area contributed by atoms with Crippen molar-refractivity contribution in [3.63, 3.8) is 0 Å². The summed E-state index contributed by atoms with van der Waals surface area (Å²) in [6, 6.07) is 7.80. The first-order chi connectivity index (χ1) is 10.2. The largest absolute Gasteiger partial charge is 0.388 e. The third-order valence-corrected chi connectivity index (χ3v) is 3.68. The van der Waals surface area contributed by atoms with E-state index in [4.69, 9.17) is 13.6 Å². The number of hydrogen-bond donors (Lipinski definition) is 1. The highest BCUT2D eigenvalue weighted by Gasteiger charge is 2.32. The van der Waals surface area contributed by atoms with E-state index in [0.29, 0.717) is 18.2 Å². The van der Waals surface area contributed by atoms with Crippen LogP contribution in [-0.4, -0.2) is 25.0 Å². The maximum absolute atomic E-state index is 12.6. The summed E-state index contributed by atoms with van der Waals surface area (Å²) in [5.41, 5.74) is 6.97. The topological polar surface area (TPSA) is 55.5 Å². The molecule has 1 atom stereocenters. The monoisotopic (exact) mass is 298 g/mol. The Hall–Kier alpha value is -1.58. The fourth-order valence-corrected chi connectivity index (χ4v) is 2.81. The van der Waals surface area contributed by atoms with E-state index in [1.165, 1.54) is 5.56 Å². The number of hydrogen-bond acceptors (Lipinski definition) is 2. The van der Waals surface area contributed by atoms with Crippen LogP contribution >= 0.6 is 0 Å². The van der Waals surface area contributed by atoms with Gasteiger partial charge < -0.3 is 5.73 Å². The molecular weight excluding hydrogens is 271 g/mol. The molecule has 2 N–H and O–H groups in total. The van der Waals surface area contributed by atoms with Crippen LogP contribution < -0.4 is 11.2 Å². The minimum Gasteiger partial charge on any atom is -0.388 e. The fraction of sp³-hybridized carbons (Fsp3) is 0.556. The molecule has 0 heterocycles. The number of ketones is 1. The van der Waals surface area contributed by atoms with E-state index >= 15 is 0 Å². The number of nitrogens with zero attached hydrogens (tertiary/aromatic N) is 1. The van der Waals surface area contributed by atoms with Crippen LogP contribution in [0.25, 0.3) is 0 Å². The Kier molecular flexibility index (Phi) is 6.85. The van der Waals surface area contributed by atoms with Gasteiger partial charge in [0.25, 0.3) is 0 Å². The van der Waals surface area contributed by atoms with E-state index < -0.39 is 5.54 Å². The molecule has 1 rings (SSSR count). The van der Waals surface area contributed by atoms with E-state index in [-0.39, 0.29) is 5.78 Å². The molecule has 0 aliphatic carbocycles. The van der Waals surface area contributed by atoms with Crippen molar-refractivity contribution in [1.29, 1.82) is 0 Å². The molecule has 0 fully saturated rings. The predicted molar refractivity (Wildman–Crippen MR) is 94.9 cm³/mol. The average Bonchev–Trinajstić information content (AvgIpc) is 2.39. The van der Waals surface area contributed by atoms with Crippen LogP contribution in [0.2, 0.25) is 0 Å². The second-order valence-corrected chi connectivity index (χ2v) is 6.64. The van der Waals surface area contributed by atoms with Crippen molar-refractivity contribution in [2.75, 3.05) is 0 Å². The Morgan fingerprint density at radius 1 is 1.32 bits per heavy atom. The van der Waals surface area contributed by atoms with E-state index in [2.05, 4.69) is 18.8 Å². The molecule has 1 aromatic rings. The van der Waals surface area contributed by atoms with E-state index in [1.54, 1.807) is 6.92 Å². The second-order valence-electron chi connectivity index (χ2n) is 6.64. The van der Waals surface area contributed by atoms with E-state index in [1.807, 2.05) is 31.2 Å². The lowest BCUT2D eigenvalue weighted by Gasteiger charge is -2.26. The Morgan fingerprint density at radius 2 is 1.91 bits per heavy atom. The standard InChI is InChI=1S/C18H27BN2O/c1-13(2)12-18(4,21-14(3)20)17(22)7-5-6-15-8-10-16(19)11-9-15/h8-11,13H,5-7,12H2,1-4H3,(H2,20,21). The van der Waals surface area contributed by atoms with Gasteiger partial charge in [0.15, 0.2) is 5.78 Å². The minimum absolute atomic E-state index is 0.168. The van der Waals surface area contributed by atoms with Crippen molar-refractivity contribution in [3.8, 4) is 0 Å². The normalized spacial score (nSPS) is 14.9. The summed E-state index contributed by atoms with van der Waals surface area (Å²) in [6.45, 7) is 7.83. The van der Waals surface area contributed by atoms with Gasteiger partial charge in [-0.25, -0.2) is 0 Å². The second kappa shape index (κ2) is 8.16. The van der Waals surface area contributed by atoms with Gasteiger partial charge in [0.2, 0.25) is 0 Å². The van der Waals surface area contributed by atoms with Gasteiger partial charge >= 0.3 is 0 Å². The fourth-order valence-electron chi connectivity index (χ4n) is 2.81. The molecule has 0 saturated heterocycles. The number of benzene rings is 1. The van der Waals surface area contributed by atoms with Crippen LogP contribution in [0.4, 0.5) is 0 Å². The van der Waals surface area contributed by atoms with Gasteiger partial charge in [-0.1, -0.05) is 43.6 Å². The number of rotatable bonds is 8. The molecule has 0 spiro atoms. The molecule has 0 aliphatic heterocycles. The Balaban J connectivity index is 2.63. The molecule has 118 valence electrons. The summed E-state index contributed by atoms with van der Waals surface area (Å²) < 4.78 is 0. The SMILES string of the molecule is [B]c1ccc(CCCC(=O)C(C)(CC(C)C)N=C(C)N)cc1. The van der Waals surface area contributed by atoms with Crippen LogP contribution in [0.1, 0.15) is 52.5 Å². The zero-order valence-corrected chi connectivity index (χ0v) is 14.2. The Bertz CT molecular complexity index is 518. The summed E-state index contributed by atoms with van der Waals surface area (Å²) in [4.78, 5) is 17.0. The quantitative estimate of drug-likeness (QED) is 0.455. The lowest BCUT2D eigenvalue weighted by molar-refractivity contribution is -0.124. The van der Waals surface area contributed by atoms with Gasteiger partial charge in [0, 0.05) is 6.42 Å². The number of carbonyl (C=O) groups is 1. The van der Waals surface area contributed by atoms with Gasteiger partial charge in [-0.05, 0) is 44.6 Å². The van der Waals surface area contributed by atoms with Crippen molar-refractivity contribution in [3.05, 3.63) is 29.8 Å². The maximum atomic E-state index is 12.6. The molecule has 1 unspecified atom stereocenters. The van der Waals surface area contributed by atoms with Gasteiger partial charge in [-0.2, -0.15) is 0 Å². The predicted octanol–water partition coefficient (Wildman–Crippen LogP) is 2.55. The van der Waals surface area contributed by atoms with E-state index in [9.17, 15) is 4.79 Å². The van der Waals surface area contributed by atoms with Crippen LogP contribution in [-0.2, 0) is 11.2 Å². The molecule has 0 aromatic heterocycles. The summed E-state index contributed by atoms with van der Waals surface area (Å²) in [5, 5.41) is 0. The molecule has 2 radical (unpaired) electrons. The minimum atomic E-state index is -0.700. The van der Waals surface area contributed by atoms with Crippen molar-refractivity contribution in [2.45, 2.75) is 58.9 Å². The Morgan fingerprint density at radius 3 is 2.41 bits per heavy atom. The lowest BCUT2D eigenvalue weighted by Crippen LogP contribution is -2.36. The third kappa shape index (κ3) is 6.04. The van der Waals surface area contributed by atoms with Crippen molar-refractivity contribution in [2.24, 2.45) is 16.6 Å².